The van der Waals surface area contributed by atoms with E-state index in [2.05, 4.69) is 9.97 Å². The van der Waals surface area contributed by atoms with Crippen molar-refractivity contribution in [3.05, 3.63) is 17.7 Å². The van der Waals surface area contributed by atoms with Gasteiger partial charge in [-0.25, -0.2) is 18.4 Å². The fourth-order valence-electron chi connectivity index (χ4n) is 1.69. The first-order chi connectivity index (χ1) is 7.81. The highest BCUT2D eigenvalue weighted by Crippen LogP contribution is 2.26. The molecule has 1 aliphatic heterocycles. The van der Waals surface area contributed by atoms with E-state index in [4.69, 9.17) is 11.6 Å². The molecule has 0 saturated carbocycles. The summed E-state index contributed by atoms with van der Waals surface area (Å²) in [7, 11) is -3.64. The lowest BCUT2D eigenvalue weighted by atomic mass is 10.1. The minimum absolute atomic E-state index is 0.00244. The Morgan fingerprint density at radius 2 is 2.06 bits per heavy atom. The van der Waals surface area contributed by atoms with E-state index >= 15 is 0 Å². The average Bonchev–Trinajstić information content (AvgIpc) is 2.60. The molecule has 1 aromatic rings. The number of rotatable bonds is 2. The van der Waals surface area contributed by atoms with Gasteiger partial charge in [0.15, 0.2) is 0 Å². The molecule has 17 heavy (non-hydrogen) atoms. The maximum atomic E-state index is 12.1. The Kier molecular flexibility index (Phi) is 3.11. The van der Waals surface area contributed by atoms with Gasteiger partial charge in [-0.05, 0) is 24.9 Å². The summed E-state index contributed by atoms with van der Waals surface area (Å²) in [6, 6.07) is 0. The second-order valence-electron chi connectivity index (χ2n) is 4.27. The Bertz CT molecular complexity index is 515. The van der Waals surface area contributed by atoms with Crippen molar-refractivity contribution in [1.82, 2.24) is 14.3 Å². The highest BCUT2D eigenvalue weighted by molar-refractivity contribution is 7.89. The average molecular weight is 278 g/mol. The van der Waals surface area contributed by atoms with E-state index in [0.29, 0.717) is 6.42 Å². The summed E-state index contributed by atoms with van der Waals surface area (Å²) in [4.78, 5) is 7.26. The Hall–Kier alpha value is -0.760. The summed E-state index contributed by atoms with van der Waals surface area (Å²) in [6.45, 7) is 1.98. The van der Waals surface area contributed by atoms with E-state index < -0.39 is 15.6 Å². The van der Waals surface area contributed by atoms with Crippen LogP contribution in [0.15, 0.2) is 17.3 Å². The topological polar surface area (TPSA) is 83.4 Å². The van der Waals surface area contributed by atoms with E-state index in [1.165, 1.54) is 4.31 Å². The number of sulfonamides is 1. The third kappa shape index (κ3) is 2.57. The van der Waals surface area contributed by atoms with E-state index in [-0.39, 0.29) is 23.3 Å². The van der Waals surface area contributed by atoms with Crippen LogP contribution in [0.2, 0.25) is 5.28 Å². The molecular formula is C9H12ClN3O3S. The molecule has 0 radical (unpaired) electrons. The zero-order chi connectivity index (χ0) is 12.7. The van der Waals surface area contributed by atoms with Gasteiger partial charge in [-0.3, -0.25) is 0 Å². The minimum Gasteiger partial charge on any atom is -0.389 e. The minimum atomic E-state index is -3.64. The monoisotopic (exact) mass is 277 g/mol. The lowest BCUT2D eigenvalue weighted by Gasteiger charge is -2.18. The van der Waals surface area contributed by atoms with Crippen molar-refractivity contribution in [2.75, 3.05) is 13.1 Å². The van der Waals surface area contributed by atoms with Crippen LogP contribution in [0.4, 0.5) is 0 Å². The molecule has 1 N–H and O–H groups in total. The molecular weight excluding hydrogens is 266 g/mol. The van der Waals surface area contributed by atoms with Crippen molar-refractivity contribution in [1.29, 1.82) is 0 Å². The molecule has 0 bridgehead atoms. The number of hydrogen-bond acceptors (Lipinski definition) is 5. The van der Waals surface area contributed by atoms with Crippen molar-refractivity contribution < 1.29 is 13.5 Å². The molecule has 0 aromatic carbocycles. The number of β-amino-alcohol motifs (C(OH)–C–C–N with tert-alkyl or cyclic N) is 1. The van der Waals surface area contributed by atoms with Crippen molar-refractivity contribution in [3.63, 3.8) is 0 Å². The van der Waals surface area contributed by atoms with Gasteiger partial charge in [0, 0.05) is 13.1 Å². The number of aromatic nitrogens is 2. The number of hydrogen-bond donors (Lipinski definition) is 1. The van der Waals surface area contributed by atoms with Gasteiger partial charge in [-0.2, -0.15) is 4.31 Å². The number of aliphatic hydroxyl groups is 1. The van der Waals surface area contributed by atoms with Crippen LogP contribution in [0.3, 0.4) is 0 Å². The summed E-state index contributed by atoms with van der Waals surface area (Å²) in [5, 5.41) is 9.76. The van der Waals surface area contributed by atoms with Gasteiger partial charge in [0.2, 0.25) is 15.3 Å². The predicted octanol–water partition coefficient (Wildman–Crippen LogP) is 0.275. The van der Waals surface area contributed by atoms with E-state index in [9.17, 15) is 13.5 Å². The maximum Gasteiger partial charge on any atom is 0.246 e. The quantitative estimate of drug-likeness (QED) is 0.785. The van der Waals surface area contributed by atoms with Crippen LogP contribution in [0.1, 0.15) is 13.3 Å². The van der Waals surface area contributed by atoms with E-state index in [1.54, 1.807) is 6.92 Å². The third-order valence-electron chi connectivity index (χ3n) is 2.65. The van der Waals surface area contributed by atoms with Crippen LogP contribution in [0, 0.1) is 0 Å². The molecule has 8 heteroatoms. The SMILES string of the molecule is CC1(O)CCN(S(=O)(=O)c2cnc(Cl)nc2)C1. The van der Waals surface area contributed by atoms with Gasteiger partial charge in [-0.15, -0.1) is 0 Å². The molecule has 0 amide bonds. The van der Waals surface area contributed by atoms with Crippen LogP contribution in [-0.4, -0.2) is 46.5 Å². The molecule has 1 atom stereocenters. The summed E-state index contributed by atoms with van der Waals surface area (Å²) < 4.78 is 25.5. The summed E-state index contributed by atoms with van der Waals surface area (Å²) >= 11 is 5.50. The molecule has 2 heterocycles. The summed E-state index contributed by atoms with van der Waals surface area (Å²) in [6.07, 6.45) is 2.75. The molecule has 1 aliphatic rings. The molecule has 1 aromatic heterocycles. The first kappa shape index (κ1) is 12.7. The Morgan fingerprint density at radius 3 is 2.53 bits per heavy atom. The normalized spacial score (nSPS) is 26.3. The molecule has 1 unspecified atom stereocenters. The van der Waals surface area contributed by atoms with Crippen molar-refractivity contribution in [2.45, 2.75) is 23.8 Å². The van der Waals surface area contributed by atoms with Crippen LogP contribution in [0.5, 0.6) is 0 Å². The Labute approximate surface area is 104 Å². The molecule has 0 aliphatic carbocycles. The zero-order valence-corrected chi connectivity index (χ0v) is 10.7. The van der Waals surface area contributed by atoms with Crippen LogP contribution >= 0.6 is 11.6 Å². The maximum absolute atomic E-state index is 12.1. The Morgan fingerprint density at radius 1 is 1.47 bits per heavy atom. The third-order valence-corrected chi connectivity index (χ3v) is 4.64. The van der Waals surface area contributed by atoms with Crippen molar-refractivity contribution >= 4 is 21.6 Å². The largest absolute Gasteiger partial charge is 0.389 e. The first-order valence-corrected chi connectivity index (χ1v) is 6.83. The zero-order valence-electron chi connectivity index (χ0n) is 9.17. The molecule has 1 fully saturated rings. The van der Waals surface area contributed by atoms with Gasteiger partial charge >= 0.3 is 0 Å². The van der Waals surface area contributed by atoms with Gasteiger partial charge in [0.05, 0.1) is 18.0 Å². The fourth-order valence-corrected chi connectivity index (χ4v) is 3.24. The summed E-state index contributed by atoms with van der Waals surface area (Å²) in [5.74, 6) is 0. The highest BCUT2D eigenvalue weighted by atomic mass is 35.5. The predicted molar refractivity (Wildman–Crippen MR) is 61.0 cm³/mol. The molecule has 1 saturated heterocycles. The molecule has 6 nitrogen and oxygen atoms in total. The van der Waals surface area contributed by atoms with E-state index in [0.717, 1.165) is 12.4 Å². The second-order valence-corrected chi connectivity index (χ2v) is 6.55. The lowest BCUT2D eigenvalue weighted by Crippen LogP contribution is -2.34. The standard InChI is InChI=1S/C9H12ClN3O3S/c1-9(14)2-3-13(6-9)17(15,16)7-4-11-8(10)12-5-7/h4-5,14H,2-3,6H2,1H3. The smallest absolute Gasteiger partial charge is 0.246 e. The van der Waals surface area contributed by atoms with Crippen molar-refractivity contribution in [3.8, 4) is 0 Å². The van der Waals surface area contributed by atoms with Crippen LogP contribution < -0.4 is 0 Å². The second kappa shape index (κ2) is 4.16. The van der Waals surface area contributed by atoms with Crippen molar-refractivity contribution in [2.24, 2.45) is 0 Å². The summed E-state index contributed by atoms with van der Waals surface area (Å²) in [5.41, 5.74) is -0.972. The molecule has 94 valence electrons. The number of nitrogens with zero attached hydrogens (tertiary/aromatic N) is 3. The Balaban J connectivity index is 2.29. The fraction of sp³-hybridized carbons (Fsp3) is 0.556. The van der Waals surface area contributed by atoms with Gasteiger partial charge in [0.25, 0.3) is 0 Å². The molecule has 0 spiro atoms. The highest BCUT2D eigenvalue weighted by Gasteiger charge is 2.38. The molecule has 2 rings (SSSR count). The first-order valence-electron chi connectivity index (χ1n) is 5.01. The van der Waals surface area contributed by atoms with Gasteiger partial charge in [-0.1, -0.05) is 0 Å². The van der Waals surface area contributed by atoms with Gasteiger partial charge in [0.1, 0.15) is 4.90 Å². The van der Waals surface area contributed by atoms with E-state index in [1.807, 2.05) is 0 Å². The lowest BCUT2D eigenvalue weighted by molar-refractivity contribution is 0.0762. The number of halogens is 1. The van der Waals surface area contributed by atoms with Gasteiger partial charge < -0.3 is 5.11 Å². The van der Waals surface area contributed by atoms with Crippen LogP contribution in [-0.2, 0) is 10.0 Å². The van der Waals surface area contributed by atoms with Crippen LogP contribution in [0.25, 0.3) is 0 Å².